The Hall–Kier alpha value is -3.18. The van der Waals surface area contributed by atoms with Crippen molar-refractivity contribution in [2.45, 2.75) is 9.79 Å². The molecule has 0 spiro atoms. The van der Waals surface area contributed by atoms with Crippen LogP contribution >= 0.6 is 0 Å². The maximum absolute atomic E-state index is 13.2. The average Bonchev–Trinajstić information content (AvgIpc) is 2.68. The molecule has 4 aromatic rings. The van der Waals surface area contributed by atoms with Gasteiger partial charge >= 0.3 is 5.63 Å². The first-order valence-corrected chi connectivity index (χ1v) is 9.49. The fraction of sp³-hybridized carbons (Fsp3) is 0. The Morgan fingerprint density at radius 2 is 1.27 bits per heavy atom. The molecule has 0 fully saturated rings. The fourth-order valence-electron chi connectivity index (χ4n) is 2.99. The summed E-state index contributed by atoms with van der Waals surface area (Å²) in [6, 6.07) is 23.9. The monoisotopic (exact) mass is 362 g/mol. The molecule has 26 heavy (non-hydrogen) atoms. The molecule has 0 radical (unpaired) electrons. The summed E-state index contributed by atoms with van der Waals surface area (Å²) >= 11 is 0. The zero-order valence-corrected chi connectivity index (χ0v) is 14.4. The molecule has 1 aromatic heterocycles. The molecule has 0 saturated carbocycles. The van der Waals surface area contributed by atoms with Gasteiger partial charge in [0.1, 0.15) is 5.58 Å². The highest BCUT2D eigenvalue weighted by atomic mass is 32.2. The van der Waals surface area contributed by atoms with Crippen molar-refractivity contribution in [1.82, 2.24) is 0 Å². The first-order chi connectivity index (χ1) is 12.6. The highest BCUT2D eigenvalue weighted by molar-refractivity contribution is 7.91. The minimum absolute atomic E-state index is 0.0553. The lowest BCUT2D eigenvalue weighted by Crippen LogP contribution is -2.16. The smallest absolute Gasteiger partial charge is 0.356 e. The molecule has 0 amide bonds. The molecule has 4 nitrogen and oxygen atoms in total. The van der Waals surface area contributed by atoms with Crippen molar-refractivity contribution in [3.05, 3.63) is 95.3 Å². The second kappa shape index (κ2) is 6.28. The van der Waals surface area contributed by atoms with Crippen LogP contribution in [0.15, 0.2) is 104 Å². The van der Waals surface area contributed by atoms with E-state index in [4.69, 9.17) is 4.42 Å². The van der Waals surface area contributed by atoms with Gasteiger partial charge in [-0.05, 0) is 23.8 Å². The molecule has 0 aliphatic carbocycles. The Bertz CT molecular complexity index is 1240. The van der Waals surface area contributed by atoms with E-state index >= 15 is 0 Å². The van der Waals surface area contributed by atoms with Crippen molar-refractivity contribution in [3.63, 3.8) is 0 Å². The van der Waals surface area contributed by atoms with Crippen molar-refractivity contribution in [1.29, 1.82) is 0 Å². The molecule has 0 atom stereocenters. The molecule has 1 heterocycles. The fourth-order valence-corrected chi connectivity index (χ4v) is 4.49. The summed E-state index contributed by atoms with van der Waals surface area (Å²) in [6.45, 7) is 0. The normalized spacial score (nSPS) is 11.5. The summed E-state index contributed by atoms with van der Waals surface area (Å²) in [5, 5.41) is 0.577. The summed E-state index contributed by atoms with van der Waals surface area (Å²) < 4.78 is 31.8. The lowest BCUT2D eigenvalue weighted by atomic mass is 10.0. The van der Waals surface area contributed by atoms with Crippen LogP contribution in [-0.4, -0.2) is 8.42 Å². The topological polar surface area (TPSA) is 64.3 Å². The van der Waals surface area contributed by atoms with Crippen molar-refractivity contribution in [3.8, 4) is 11.1 Å². The van der Waals surface area contributed by atoms with Crippen LogP contribution in [0.2, 0.25) is 0 Å². The maximum atomic E-state index is 13.2. The van der Waals surface area contributed by atoms with Crippen LogP contribution in [0.5, 0.6) is 0 Å². The standard InChI is InChI=1S/C21H14O4S/c22-21-20(26(23,24)16-11-5-2-6-12-16)19(15-9-3-1-4-10-15)17-13-7-8-14-18(17)25-21/h1-14H. The molecular formula is C21H14O4S. The summed E-state index contributed by atoms with van der Waals surface area (Å²) in [6.07, 6.45) is 0. The van der Waals surface area contributed by atoms with Crippen LogP contribution in [0.3, 0.4) is 0 Å². The average molecular weight is 362 g/mol. The Labute approximate surface area is 150 Å². The third-order valence-corrected chi connectivity index (χ3v) is 5.96. The van der Waals surface area contributed by atoms with Gasteiger partial charge in [0.05, 0.1) is 4.90 Å². The van der Waals surface area contributed by atoms with Gasteiger partial charge in [-0.2, -0.15) is 0 Å². The second-order valence-electron chi connectivity index (χ2n) is 5.77. The molecule has 0 aliphatic heterocycles. The van der Waals surface area contributed by atoms with E-state index in [0.717, 1.165) is 0 Å². The predicted octanol–water partition coefficient (Wildman–Crippen LogP) is 4.29. The van der Waals surface area contributed by atoms with Gasteiger partial charge in [-0.3, -0.25) is 0 Å². The van der Waals surface area contributed by atoms with Crippen LogP contribution in [-0.2, 0) is 9.84 Å². The Kier molecular flexibility index (Phi) is 3.93. The Morgan fingerprint density at radius 1 is 0.692 bits per heavy atom. The molecular weight excluding hydrogens is 348 g/mol. The van der Waals surface area contributed by atoms with E-state index in [2.05, 4.69) is 0 Å². The number of rotatable bonds is 3. The molecule has 128 valence electrons. The molecule has 0 aliphatic rings. The van der Waals surface area contributed by atoms with Gasteiger partial charge in [0.15, 0.2) is 4.90 Å². The number of sulfone groups is 1. The lowest BCUT2D eigenvalue weighted by Gasteiger charge is -2.12. The third-order valence-electron chi connectivity index (χ3n) is 4.16. The summed E-state index contributed by atoms with van der Waals surface area (Å²) in [7, 11) is -4.05. The van der Waals surface area contributed by atoms with E-state index < -0.39 is 15.5 Å². The molecule has 5 heteroatoms. The molecule has 0 bridgehead atoms. The minimum Gasteiger partial charge on any atom is -0.422 e. The number of hydrogen-bond donors (Lipinski definition) is 0. The van der Waals surface area contributed by atoms with Crippen LogP contribution in [0.4, 0.5) is 0 Å². The Morgan fingerprint density at radius 3 is 1.96 bits per heavy atom. The van der Waals surface area contributed by atoms with E-state index in [1.165, 1.54) is 12.1 Å². The SMILES string of the molecule is O=c1oc2ccccc2c(-c2ccccc2)c1S(=O)(=O)c1ccccc1. The minimum atomic E-state index is -4.05. The second-order valence-corrected chi connectivity index (χ2v) is 7.66. The van der Waals surface area contributed by atoms with Crippen LogP contribution in [0.25, 0.3) is 22.1 Å². The van der Waals surface area contributed by atoms with Crippen LogP contribution < -0.4 is 5.63 Å². The van der Waals surface area contributed by atoms with Gasteiger partial charge in [-0.25, -0.2) is 13.2 Å². The first-order valence-electron chi connectivity index (χ1n) is 8.00. The number of benzene rings is 3. The van der Waals surface area contributed by atoms with E-state index in [1.807, 2.05) is 6.07 Å². The van der Waals surface area contributed by atoms with Gasteiger partial charge in [0, 0.05) is 10.9 Å². The van der Waals surface area contributed by atoms with Gasteiger partial charge in [-0.15, -0.1) is 0 Å². The molecule has 0 N–H and O–H groups in total. The quantitative estimate of drug-likeness (QED) is 0.510. The van der Waals surface area contributed by atoms with Crippen molar-refractivity contribution < 1.29 is 12.8 Å². The van der Waals surface area contributed by atoms with Gasteiger partial charge in [-0.1, -0.05) is 66.7 Å². The number of fused-ring (bicyclic) bond motifs is 1. The first kappa shape index (κ1) is 16.3. The van der Waals surface area contributed by atoms with Crippen molar-refractivity contribution in [2.75, 3.05) is 0 Å². The van der Waals surface area contributed by atoms with Crippen molar-refractivity contribution >= 4 is 20.8 Å². The van der Waals surface area contributed by atoms with Gasteiger partial charge in [0.25, 0.3) is 0 Å². The molecule has 3 aromatic carbocycles. The van der Waals surface area contributed by atoms with Crippen molar-refractivity contribution in [2.24, 2.45) is 0 Å². The van der Waals surface area contributed by atoms with E-state index in [0.29, 0.717) is 22.1 Å². The summed E-state index contributed by atoms with van der Waals surface area (Å²) in [5.74, 6) is 0. The number of para-hydroxylation sites is 1. The maximum Gasteiger partial charge on any atom is 0.356 e. The van der Waals surface area contributed by atoms with Crippen LogP contribution in [0, 0.1) is 0 Å². The van der Waals surface area contributed by atoms with Gasteiger partial charge < -0.3 is 4.42 Å². The number of hydrogen-bond acceptors (Lipinski definition) is 4. The van der Waals surface area contributed by atoms with E-state index in [-0.39, 0.29) is 9.79 Å². The van der Waals surface area contributed by atoms with Gasteiger partial charge in [0.2, 0.25) is 9.84 Å². The lowest BCUT2D eigenvalue weighted by molar-refractivity contribution is 0.533. The summed E-state index contributed by atoms with van der Waals surface area (Å²) in [5.41, 5.74) is 0.488. The zero-order chi connectivity index (χ0) is 18.1. The predicted molar refractivity (Wildman–Crippen MR) is 99.8 cm³/mol. The highest BCUT2D eigenvalue weighted by Gasteiger charge is 2.28. The largest absolute Gasteiger partial charge is 0.422 e. The Balaban J connectivity index is 2.17. The summed E-state index contributed by atoms with van der Waals surface area (Å²) in [4.78, 5) is 12.4. The zero-order valence-electron chi connectivity index (χ0n) is 13.6. The van der Waals surface area contributed by atoms with E-state index in [1.54, 1.807) is 66.7 Å². The molecule has 0 saturated heterocycles. The third kappa shape index (κ3) is 2.62. The van der Waals surface area contributed by atoms with Crippen LogP contribution in [0.1, 0.15) is 0 Å². The highest BCUT2D eigenvalue weighted by Crippen LogP contribution is 2.34. The van der Waals surface area contributed by atoms with E-state index in [9.17, 15) is 13.2 Å². The molecule has 0 unspecified atom stereocenters. The molecule has 4 rings (SSSR count).